The number of hydrogen-bond acceptors (Lipinski definition) is 3. The molecular weight excluding hydrogens is 276 g/mol. The lowest BCUT2D eigenvalue weighted by Crippen LogP contribution is -2.15. The van der Waals surface area contributed by atoms with E-state index in [0.29, 0.717) is 16.9 Å². The first kappa shape index (κ1) is 16.0. The third-order valence-corrected chi connectivity index (χ3v) is 3.57. The van der Waals surface area contributed by atoms with E-state index in [-0.39, 0.29) is 5.41 Å². The number of carbonyl (C=O) groups is 2. The Morgan fingerprint density at radius 3 is 1.55 bits per heavy atom. The standard InChI is InChI=1S/C19H20O3/c1-19(2,3)15-9-5-13(6-10-15)17(20)18(21)14-7-11-16(22-4)12-8-14/h5-12H,1-4H3. The van der Waals surface area contributed by atoms with E-state index in [9.17, 15) is 9.59 Å². The minimum Gasteiger partial charge on any atom is -0.497 e. The molecule has 114 valence electrons. The highest BCUT2D eigenvalue weighted by Gasteiger charge is 2.19. The van der Waals surface area contributed by atoms with Crippen molar-refractivity contribution >= 4 is 11.6 Å². The summed E-state index contributed by atoms with van der Waals surface area (Å²) in [6.07, 6.45) is 0. The van der Waals surface area contributed by atoms with Crippen LogP contribution in [-0.4, -0.2) is 18.7 Å². The summed E-state index contributed by atoms with van der Waals surface area (Å²) in [5.74, 6) is -0.352. The molecular formula is C19H20O3. The fourth-order valence-corrected chi connectivity index (χ4v) is 2.13. The largest absolute Gasteiger partial charge is 0.497 e. The minimum atomic E-state index is -0.508. The van der Waals surface area contributed by atoms with Crippen LogP contribution in [0.15, 0.2) is 48.5 Å². The van der Waals surface area contributed by atoms with E-state index in [1.165, 1.54) is 0 Å². The monoisotopic (exact) mass is 296 g/mol. The van der Waals surface area contributed by atoms with Crippen molar-refractivity contribution in [3.63, 3.8) is 0 Å². The van der Waals surface area contributed by atoms with Crippen molar-refractivity contribution in [1.29, 1.82) is 0 Å². The fraction of sp³-hybridized carbons (Fsp3) is 0.263. The number of carbonyl (C=O) groups excluding carboxylic acids is 2. The van der Waals surface area contributed by atoms with Crippen LogP contribution in [0.2, 0.25) is 0 Å². The lowest BCUT2D eigenvalue weighted by Gasteiger charge is -2.18. The minimum absolute atomic E-state index is 0.0154. The molecule has 3 nitrogen and oxygen atoms in total. The van der Waals surface area contributed by atoms with Crippen LogP contribution in [0.4, 0.5) is 0 Å². The first-order valence-electron chi connectivity index (χ1n) is 7.16. The van der Waals surface area contributed by atoms with Gasteiger partial charge in [-0.3, -0.25) is 9.59 Å². The first-order valence-corrected chi connectivity index (χ1v) is 7.16. The van der Waals surface area contributed by atoms with E-state index >= 15 is 0 Å². The fourth-order valence-electron chi connectivity index (χ4n) is 2.13. The van der Waals surface area contributed by atoms with E-state index < -0.39 is 11.6 Å². The Bertz CT molecular complexity index is 674. The van der Waals surface area contributed by atoms with Crippen molar-refractivity contribution in [2.45, 2.75) is 26.2 Å². The molecule has 0 aliphatic heterocycles. The van der Waals surface area contributed by atoms with Crippen LogP contribution in [0.3, 0.4) is 0 Å². The summed E-state index contributed by atoms with van der Waals surface area (Å²) in [7, 11) is 1.55. The molecule has 2 aromatic rings. The molecule has 0 amide bonds. The summed E-state index contributed by atoms with van der Waals surface area (Å²) in [4.78, 5) is 24.5. The predicted octanol–water partition coefficient (Wildman–Crippen LogP) is 4.06. The molecule has 0 N–H and O–H groups in total. The summed E-state index contributed by atoms with van der Waals surface area (Å²) in [6.45, 7) is 6.31. The summed E-state index contributed by atoms with van der Waals surface area (Å²) >= 11 is 0. The highest BCUT2D eigenvalue weighted by atomic mass is 16.5. The zero-order valence-electron chi connectivity index (χ0n) is 13.3. The highest BCUT2D eigenvalue weighted by Crippen LogP contribution is 2.22. The number of benzene rings is 2. The summed E-state index contributed by atoms with van der Waals surface area (Å²) in [5.41, 5.74) is 1.92. The van der Waals surface area contributed by atoms with Gasteiger partial charge in [0.05, 0.1) is 7.11 Å². The Morgan fingerprint density at radius 2 is 1.18 bits per heavy atom. The van der Waals surface area contributed by atoms with Gasteiger partial charge < -0.3 is 4.74 Å². The van der Waals surface area contributed by atoms with Crippen molar-refractivity contribution < 1.29 is 14.3 Å². The van der Waals surface area contributed by atoms with E-state index in [1.54, 1.807) is 43.5 Å². The summed E-state index contributed by atoms with van der Waals surface area (Å²) < 4.78 is 5.04. The number of ether oxygens (including phenoxy) is 1. The quantitative estimate of drug-likeness (QED) is 0.631. The van der Waals surface area contributed by atoms with Crippen LogP contribution in [0, 0.1) is 0 Å². The van der Waals surface area contributed by atoms with Crippen molar-refractivity contribution in [1.82, 2.24) is 0 Å². The zero-order valence-corrected chi connectivity index (χ0v) is 13.3. The molecule has 0 heterocycles. The van der Waals surface area contributed by atoms with Gasteiger partial charge in [-0.05, 0) is 35.2 Å². The number of methoxy groups -OCH3 is 1. The van der Waals surface area contributed by atoms with Crippen molar-refractivity contribution in [3.8, 4) is 5.75 Å². The molecule has 0 spiro atoms. The molecule has 0 bridgehead atoms. The van der Waals surface area contributed by atoms with Crippen LogP contribution in [0.25, 0.3) is 0 Å². The first-order chi connectivity index (χ1) is 10.3. The Kier molecular flexibility index (Phi) is 4.45. The van der Waals surface area contributed by atoms with Crippen LogP contribution in [-0.2, 0) is 5.41 Å². The van der Waals surface area contributed by atoms with Gasteiger partial charge in [0.1, 0.15) is 5.75 Å². The predicted molar refractivity (Wildman–Crippen MR) is 86.8 cm³/mol. The van der Waals surface area contributed by atoms with Crippen molar-refractivity contribution in [3.05, 3.63) is 65.2 Å². The molecule has 0 unspecified atom stereocenters. The second-order valence-electron chi connectivity index (χ2n) is 6.21. The number of ketones is 2. The van der Waals surface area contributed by atoms with Gasteiger partial charge in [-0.25, -0.2) is 0 Å². The molecule has 0 fully saturated rings. The van der Waals surface area contributed by atoms with Gasteiger partial charge in [0.15, 0.2) is 0 Å². The average molecular weight is 296 g/mol. The van der Waals surface area contributed by atoms with Crippen LogP contribution < -0.4 is 4.74 Å². The molecule has 0 atom stereocenters. The van der Waals surface area contributed by atoms with E-state index in [1.807, 2.05) is 12.1 Å². The second-order valence-corrected chi connectivity index (χ2v) is 6.21. The Morgan fingerprint density at radius 1 is 0.773 bits per heavy atom. The zero-order chi connectivity index (χ0) is 16.3. The lowest BCUT2D eigenvalue weighted by atomic mass is 9.86. The van der Waals surface area contributed by atoms with Gasteiger partial charge >= 0.3 is 0 Å². The Balaban J connectivity index is 2.21. The maximum Gasteiger partial charge on any atom is 0.233 e. The molecule has 0 saturated carbocycles. The highest BCUT2D eigenvalue weighted by molar-refractivity contribution is 6.49. The van der Waals surface area contributed by atoms with Gasteiger partial charge in [-0.2, -0.15) is 0 Å². The van der Waals surface area contributed by atoms with Gasteiger partial charge in [0, 0.05) is 11.1 Å². The van der Waals surface area contributed by atoms with Gasteiger partial charge in [-0.15, -0.1) is 0 Å². The van der Waals surface area contributed by atoms with Crippen molar-refractivity contribution in [2.75, 3.05) is 7.11 Å². The molecule has 0 aromatic heterocycles. The summed E-state index contributed by atoms with van der Waals surface area (Å²) in [6, 6.07) is 13.8. The number of hydrogen-bond donors (Lipinski definition) is 0. The lowest BCUT2D eigenvalue weighted by molar-refractivity contribution is 0.0817. The van der Waals surface area contributed by atoms with Gasteiger partial charge in [0.25, 0.3) is 0 Å². The number of rotatable bonds is 4. The SMILES string of the molecule is COc1ccc(C(=O)C(=O)c2ccc(C(C)(C)C)cc2)cc1. The molecule has 3 heteroatoms. The number of Topliss-reactive ketones (excluding diaryl/α,β-unsaturated/α-hetero) is 2. The smallest absolute Gasteiger partial charge is 0.233 e. The van der Waals surface area contributed by atoms with Crippen LogP contribution >= 0.6 is 0 Å². The van der Waals surface area contributed by atoms with Gasteiger partial charge in [-0.1, -0.05) is 45.0 Å². The van der Waals surface area contributed by atoms with Gasteiger partial charge in [0.2, 0.25) is 11.6 Å². The van der Waals surface area contributed by atoms with Crippen LogP contribution in [0.1, 0.15) is 47.1 Å². The second kappa shape index (κ2) is 6.14. The molecule has 0 aliphatic carbocycles. The van der Waals surface area contributed by atoms with E-state index in [0.717, 1.165) is 5.56 Å². The summed E-state index contributed by atoms with van der Waals surface area (Å²) in [5, 5.41) is 0. The maximum absolute atomic E-state index is 12.3. The average Bonchev–Trinajstić information content (AvgIpc) is 2.53. The maximum atomic E-state index is 12.3. The third kappa shape index (κ3) is 3.42. The molecule has 2 aromatic carbocycles. The van der Waals surface area contributed by atoms with E-state index in [2.05, 4.69) is 20.8 Å². The Labute approximate surface area is 130 Å². The van der Waals surface area contributed by atoms with E-state index in [4.69, 9.17) is 4.74 Å². The normalized spacial score (nSPS) is 11.1. The molecule has 0 radical (unpaired) electrons. The Hall–Kier alpha value is -2.42. The molecule has 0 aliphatic rings. The molecule has 0 saturated heterocycles. The molecule has 2 rings (SSSR count). The third-order valence-electron chi connectivity index (χ3n) is 3.57. The van der Waals surface area contributed by atoms with Crippen molar-refractivity contribution in [2.24, 2.45) is 0 Å². The molecule has 22 heavy (non-hydrogen) atoms. The topological polar surface area (TPSA) is 43.4 Å². The van der Waals surface area contributed by atoms with Crippen LogP contribution in [0.5, 0.6) is 5.75 Å².